The molecule has 3 fully saturated rings. The normalized spacial score (nSPS) is 21.8. The number of ether oxygens (including phenoxy) is 1. The van der Waals surface area contributed by atoms with E-state index in [0.717, 1.165) is 50.2 Å². The molecule has 7 rings (SSSR count). The van der Waals surface area contributed by atoms with E-state index in [1.807, 2.05) is 30.3 Å². The van der Waals surface area contributed by atoms with Crippen molar-refractivity contribution in [1.29, 1.82) is 0 Å². The quantitative estimate of drug-likeness (QED) is 0.391. The molecule has 2 N–H and O–H groups in total. The zero-order valence-electron chi connectivity index (χ0n) is 20.4. The Hall–Kier alpha value is -3.78. The van der Waals surface area contributed by atoms with E-state index in [-0.39, 0.29) is 11.6 Å². The number of hydrogen-bond acceptors (Lipinski definition) is 5. The minimum atomic E-state index is -0.575. The smallest absolute Gasteiger partial charge is 0.254 e. The summed E-state index contributed by atoms with van der Waals surface area (Å²) in [4.78, 5) is 20.2. The highest BCUT2D eigenvalue weighted by molar-refractivity contribution is 6.02. The third-order valence-corrected chi connectivity index (χ3v) is 7.96. The van der Waals surface area contributed by atoms with Crippen LogP contribution in [-0.4, -0.2) is 46.4 Å². The first-order valence-corrected chi connectivity index (χ1v) is 13.0. The van der Waals surface area contributed by atoms with Gasteiger partial charge in [-0.3, -0.25) is 14.9 Å². The average Bonchev–Trinajstić information content (AvgIpc) is 3.64. The SMILES string of the molecule is O=C(NC(c1ccccn1)C1CC1)c1cc2c(-c3ccc(N4[C@@H]5CC[C@H]4COC5)cc3)n[nH]c2cc1F. The number of fused-ring (bicyclic) bond motifs is 3. The van der Waals surface area contributed by atoms with Crippen LogP contribution in [0.15, 0.2) is 60.8 Å². The van der Waals surface area contributed by atoms with Gasteiger partial charge >= 0.3 is 0 Å². The number of H-pyrrole nitrogens is 1. The maximum absolute atomic E-state index is 15.0. The van der Waals surface area contributed by atoms with E-state index in [2.05, 4.69) is 37.5 Å². The number of aromatic nitrogens is 3. The predicted molar refractivity (Wildman–Crippen MR) is 139 cm³/mol. The number of hydrogen-bond donors (Lipinski definition) is 2. The Balaban J connectivity index is 1.18. The summed E-state index contributed by atoms with van der Waals surface area (Å²) >= 11 is 0. The van der Waals surface area contributed by atoms with Crippen LogP contribution in [0.5, 0.6) is 0 Å². The zero-order chi connectivity index (χ0) is 24.9. The molecule has 1 saturated carbocycles. The van der Waals surface area contributed by atoms with E-state index < -0.39 is 11.7 Å². The summed E-state index contributed by atoms with van der Waals surface area (Å²) in [6.45, 7) is 1.56. The third kappa shape index (κ3) is 4.05. The molecule has 2 aliphatic heterocycles. The molecule has 2 bridgehead atoms. The Kier molecular flexibility index (Phi) is 5.43. The minimum Gasteiger partial charge on any atom is -0.377 e. The summed E-state index contributed by atoms with van der Waals surface area (Å²) in [5.41, 5.74) is 4.17. The molecule has 188 valence electrons. The molecule has 2 aromatic carbocycles. The van der Waals surface area contributed by atoms with Crippen LogP contribution < -0.4 is 10.2 Å². The molecule has 1 unspecified atom stereocenters. The lowest BCUT2D eigenvalue weighted by Crippen LogP contribution is -2.45. The maximum Gasteiger partial charge on any atom is 0.254 e. The van der Waals surface area contributed by atoms with Gasteiger partial charge in [0.15, 0.2) is 0 Å². The summed E-state index contributed by atoms with van der Waals surface area (Å²) in [5.74, 6) is -0.684. The lowest BCUT2D eigenvalue weighted by molar-refractivity contribution is 0.0906. The molecule has 3 atom stereocenters. The van der Waals surface area contributed by atoms with Gasteiger partial charge in [-0.1, -0.05) is 18.2 Å². The number of halogens is 1. The van der Waals surface area contributed by atoms with Crippen molar-refractivity contribution in [3.05, 3.63) is 77.9 Å². The standard InChI is InChI=1S/C29H28FN5O2/c30-24-14-26-23(13-22(24)29(36)32-28(18-4-5-18)25-3-1-2-12-31-25)27(34-33-26)17-6-8-19(9-7-17)35-20-10-11-21(35)16-37-15-20/h1-3,6-9,12-14,18,20-21,28H,4-5,10-11,15-16H2,(H,32,36)(H,33,34)/t20-,21+,28?. The molecule has 0 radical (unpaired) electrons. The first-order chi connectivity index (χ1) is 18.2. The van der Waals surface area contributed by atoms with Crippen molar-refractivity contribution in [3.63, 3.8) is 0 Å². The Morgan fingerprint density at radius 2 is 1.84 bits per heavy atom. The molecule has 1 amide bonds. The molecule has 37 heavy (non-hydrogen) atoms. The molecule has 7 nitrogen and oxygen atoms in total. The van der Waals surface area contributed by atoms with E-state index in [1.165, 1.54) is 11.8 Å². The molecule has 2 aromatic heterocycles. The Morgan fingerprint density at radius 1 is 1.05 bits per heavy atom. The van der Waals surface area contributed by atoms with Crippen molar-refractivity contribution < 1.29 is 13.9 Å². The molecular formula is C29H28FN5O2. The lowest BCUT2D eigenvalue weighted by atomic mass is 10.0. The van der Waals surface area contributed by atoms with Crippen LogP contribution in [0.2, 0.25) is 0 Å². The highest BCUT2D eigenvalue weighted by Crippen LogP contribution is 2.41. The van der Waals surface area contributed by atoms with Crippen LogP contribution in [-0.2, 0) is 4.74 Å². The van der Waals surface area contributed by atoms with Crippen molar-refractivity contribution in [2.24, 2.45) is 5.92 Å². The van der Waals surface area contributed by atoms with Gasteiger partial charge in [-0.15, -0.1) is 0 Å². The molecular weight excluding hydrogens is 469 g/mol. The Morgan fingerprint density at radius 3 is 2.54 bits per heavy atom. The van der Waals surface area contributed by atoms with Crippen LogP contribution in [0.25, 0.3) is 22.2 Å². The average molecular weight is 498 g/mol. The first-order valence-electron chi connectivity index (χ1n) is 13.0. The largest absolute Gasteiger partial charge is 0.377 e. The number of anilines is 1. The number of aromatic amines is 1. The molecule has 1 aliphatic carbocycles. The topological polar surface area (TPSA) is 83.1 Å². The summed E-state index contributed by atoms with van der Waals surface area (Å²) in [7, 11) is 0. The molecule has 8 heteroatoms. The van der Waals surface area contributed by atoms with Gasteiger partial charge in [0.2, 0.25) is 0 Å². The Bertz CT molecular complexity index is 1430. The number of nitrogens with zero attached hydrogens (tertiary/aromatic N) is 3. The van der Waals surface area contributed by atoms with Crippen molar-refractivity contribution in [2.45, 2.75) is 43.8 Å². The number of benzene rings is 2. The first kappa shape index (κ1) is 22.4. The number of rotatable bonds is 6. The maximum atomic E-state index is 15.0. The summed E-state index contributed by atoms with van der Waals surface area (Å²) in [6, 6.07) is 17.6. The van der Waals surface area contributed by atoms with Crippen LogP contribution in [0.3, 0.4) is 0 Å². The second kappa shape index (κ2) is 8.95. The molecule has 2 saturated heterocycles. The second-order valence-electron chi connectivity index (χ2n) is 10.4. The Labute approximate surface area is 214 Å². The van der Waals surface area contributed by atoms with Gasteiger partial charge in [0.1, 0.15) is 5.82 Å². The number of amides is 1. The fraction of sp³-hybridized carbons (Fsp3) is 0.345. The third-order valence-electron chi connectivity index (χ3n) is 7.96. The van der Waals surface area contributed by atoms with Crippen LogP contribution in [0, 0.1) is 11.7 Å². The van der Waals surface area contributed by atoms with E-state index in [0.29, 0.717) is 34.6 Å². The van der Waals surface area contributed by atoms with Gasteiger partial charge in [0.25, 0.3) is 5.91 Å². The molecule has 0 spiro atoms. The predicted octanol–water partition coefficient (Wildman–Crippen LogP) is 5.01. The van der Waals surface area contributed by atoms with Gasteiger partial charge in [-0.05, 0) is 61.9 Å². The molecule has 3 aliphatic rings. The van der Waals surface area contributed by atoms with Crippen LogP contribution >= 0.6 is 0 Å². The van der Waals surface area contributed by atoms with Gasteiger partial charge in [-0.25, -0.2) is 4.39 Å². The fourth-order valence-electron chi connectivity index (χ4n) is 5.92. The van der Waals surface area contributed by atoms with Crippen molar-refractivity contribution in [1.82, 2.24) is 20.5 Å². The summed E-state index contributed by atoms with van der Waals surface area (Å²) < 4.78 is 20.8. The van der Waals surface area contributed by atoms with E-state index in [4.69, 9.17) is 4.74 Å². The molecule has 4 heterocycles. The zero-order valence-corrected chi connectivity index (χ0v) is 20.4. The summed E-state index contributed by atoms with van der Waals surface area (Å²) in [5, 5.41) is 11.2. The van der Waals surface area contributed by atoms with Crippen molar-refractivity contribution in [2.75, 3.05) is 18.1 Å². The van der Waals surface area contributed by atoms with Gasteiger partial charge < -0.3 is 15.0 Å². The fourth-order valence-corrected chi connectivity index (χ4v) is 5.92. The van der Waals surface area contributed by atoms with Crippen LogP contribution in [0.1, 0.15) is 47.8 Å². The van der Waals surface area contributed by atoms with Gasteiger partial charge in [0, 0.05) is 28.9 Å². The van der Waals surface area contributed by atoms with E-state index >= 15 is 4.39 Å². The number of nitrogens with one attached hydrogen (secondary N) is 2. The second-order valence-corrected chi connectivity index (χ2v) is 10.4. The monoisotopic (exact) mass is 497 g/mol. The minimum absolute atomic E-state index is 0.0123. The number of morpholine rings is 1. The number of carbonyl (C=O) groups is 1. The highest BCUT2D eigenvalue weighted by atomic mass is 19.1. The highest BCUT2D eigenvalue weighted by Gasteiger charge is 2.37. The van der Waals surface area contributed by atoms with E-state index in [1.54, 1.807) is 12.3 Å². The van der Waals surface area contributed by atoms with E-state index in [9.17, 15) is 4.79 Å². The van der Waals surface area contributed by atoms with Crippen molar-refractivity contribution in [3.8, 4) is 11.3 Å². The van der Waals surface area contributed by atoms with Gasteiger partial charge in [0.05, 0.1) is 53.8 Å². The lowest BCUT2D eigenvalue weighted by Gasteiger charge is -2.36. The number of pyridine rings is 1. The van der Waals surface area contributed by atoms with Crippen LogP contribution in [0.4, 0.5) is 10.1 Å². The number of carbonyl (C=O) groups excluding carboxylic acids is 1. The molecule has 4 aromatic rings. The van der Waals surface area contributed by atoms with Gasteiger partial charge in [-0.2, -0.15) is 5.10 Å². The van der Waals surface area contributed by atoms with Crippen molar-refractivity contribution >= 4 is 22.5 Å². The summed E-state index contributed by atoms with van der Waals surface area (Å²) in [6.07, 6.45) is 6.09.